The number of nitrogens with one attached hydrogen (secondary N) is 2. The van der Waals surface area contributed by atoms with Gasteiger partial charge in [-0.3, -0.25) is 10.00 Å². The molecule has 3 heterocycles. The topological polar surface area (TPSA) is 95.2 Å². The molecule has 2 N–H and O–H groups in total. The van der Waals surface area contributed by atoms with Gasteiger partial charge in [0.05, 0.1) is 43.9 Å². The Balaban J connectivity index is 1.34. The molecule has 1 saturated heterocycles. The first-order valence-electron chi connectivity index (χ1n) is 8.53. The molecule has 2 amide bonds. The van der Waals surface area contributed by atoms with Crippen LogP contribution in [0.3, 0.4) is 0 Å². The Labute approximate surface area is 145 Å². The molecule has 0 unspecified atom stereocenters. The number of carbonyl (C=O) groups is 1. The van der Waals surface area contributed by atoms with Crippen LogP contribution in [-0.2, 0) is 11.8 Å². The second kappa shape index (κ2) is 6.75. The Bertz CT molecular complexity index is 738. The third-order valence-corrected chi connectivity index (χ3v) is 4.65. The van der Waals surface area contributed by atoms with Crippen LogP contribution in [0.5, 0.6) is 5.75 Å². The Morgan fingerprint density at radius 3 is 2.96 bits per heavy atom. The number of rotatable bonds is 5. The Morgan fingerprint density at radius 2 is 2.24 bits per heavy atom. The van der Waals surface area contributed by atoms with Gasteiger partial charge in [0.25, 0.3) is 0 Å². The molecule has 2 atom stereocenters. The molecule has 0 bridgehead atoms. The van der Waals surface area contributed by atoms with E-state index in [1.165, 1.54) is 6.42 Å². The van der Waals surface area contributed by atoms with Gasteiger partial charge < -0.3 is 14.8 Å². The van der Waals surface area contributed by atoms with Crippen molar-refractivity contribution in [2.75, 3.05) is 18.5 Å². The minimum absolute atomic E-state index is 0.222. The zero-order valence-electron chi connectivity index (χ0n) is 14.1. The van der Waals surface area contributed by atoms with Crippen molar-refractivity contribution in [2.24, 2.45) is 7.05 Å². The van der Waals surface area contributed by atoms with Crippen molar-refractivity contribution in [2.45, 2.75) is 37.5 Å². The third-order valence-electron chi connectivity index (χ3n) is 4.65. The first kappa shape index (κ1) is 15.9. The van der Waals surface area contributed by atoms with Gasteiger partial charge >= 0.3 is 6.03 Å². The summed E-state index contributed by atoms with van der Waals surface area (Å²) in [6, 6.07) is 1.70. The van der Waals surface area contributed by atoms with Gasteiger partial charge in [-0.15, -0.1) is 0 Å². The molecular formula is C16H22N6O3. The van der Waals surface area contributed by atoms with Crippen molar-refractivity contribution in [3.8, 4) is 5.75 Å². The molecule has 0 spiro atoms. The quantitative estimate of drug-likeness (QED) is 0.851. The molecule has 25 heavy (non-hydrogen) atoms. The van der Waals surface area contributed by atoms with Gasteiger partial charge in [0.1, 0.15) is 11.9 Å². The van der Waals surface area contributed by atoms with E-state index in [-0.39, 0.29) is 18.2 Å². The SMILES string of the molecule is Cn1cc(O[C@@H]2COC[C@@H]2NC(=O)Nc2ccnn2C2CCC2)cn1. The van der Waals surface area contributed by atoms with Crippen LogP contribution in [0.4, 0.5) is 10.6 Å². The summed E-state index contributed by atoms with van der Waals surface area (Å²) in [5.41, 5.74) is 0. The van der Waals surface area contributed by atoms with Crippen molar-refractivity contribution in [1.82, 2.24) is 24.9 Å². The maximum atomic E-state index is 12.4. The number of nitrogens with zero attached hydrogens (tertiary/aromatic N) is 4. The van der Waals surface area contributed by atoms with E-state index in [0.717, 1.165) is 12.8 Å². The number of ether oxygens (including phenoxy) is 2. The molecule has 9 heteroatoms. The summed E-state index contributed by atoms with van der Waals surface area (Å²) in [5.74, 6) is 1.37. The molecular weight excluding hydrogens is 324 g/mol. The molecule has 9 nitrogen and oxygen atoms in total. The minimum Gasteiger partial charge on any atom is -0.482 e. The summed E-state index contributed by atoms with van der Waals surface area (Å²) >= 11 is 0. The standard InChI is InChI=1S/C16H22N6O3/c1-21-8-12(7-18-21)25-14-10-24-9-13(14)19-16(23)20-15-5-6-17-22(15)11-3-2-4-11/h5-8,11,13-14H,2-4,9-10H2,1H3,(H2,19,20,23)/t13-,14+/m0/s1. The lowest BCUT2D eigenvalue weighted by atomic mass is 9.93. The van der Waals surface area contributed by atoms with E-state index >= 15 is 0 Å². The third kappa shape index (κ3) is 3.46. The van der Waals surface area contributed by atoms with E-state index in [1.807, 2.05) is 17.8 Å². The van der Waals surface area contributed by atoms with Gasteiger partial charge in [-0.25, -0.2) is 9.48 Å². The number of anilines is 1. The number of hydrogen-bond acceptors (Lipinski definition) is 5. The molecule has 1 saturated carbocycles. The predicted molar refractivity (Wildman–Crippen MR) is 89.5 cm³/mol. The van der Waals surface area contributed by atoms with Crippen LogP contribution in [0.1, 0.15) is 25.3 Å². The Morgan fingerprint density at radius 1 is 1.36 bits per heavy atom. The predicted octanol–water partition coefficient (Wildman–Crippen LogP) is 1.31. The molecule has 0 aromatic carbocycles. The number of hydrogen-bond donors (Lipinski definition) is 2. The minimum atomic E-state index is -0.281. The average molecular weight is 346 g/mol. The molecule has 2 aliphatic rings. The van der Waals surface area contributed by atoms with E-state index in [1.54, 1.807) is 23.3 Å². The summed E-state index contributed by atoms with van der Waals surface area (Å²) in [7, 11) is 1.83. The van der Waals surface area contributed by atoms with Crippen molar-refractivity contribution in [1.29, 1.82) is 0 Å². The highest BCUT2D eigenvalue weighted by Gasteiger charge is 2.32. The maximum absolute atomic E-state index is 12.4. The zero-order chi connectivity index (χ0) is 17.2. The van der Waals surface area contributed by atoms with Crippen LogP contribution in [-0.4, -0.2) is 51.0 Å². The second-order valence-corrected chi connectivity index (χ2v) is 6.49. The van der Waals surface area contributed by atoms with Crippen molar-refractivity contribution < 1.29 is 14.3 Å². The average Bonchev–Trinajstić information content (AvgIpc) is 3.23. The van der Waals surface area contributed by atoms with E-state index in [9.17, 15) is 4.79 Å². The lowest BCUT2D eigenvalue weighted by molar-refractivity contribution is 0.139. The number of amides is 2. The second-order valence-electron chi connectivity index (χ2n) is 6.49. The Kier molecular flexibility index (Phi) is 4.31. The molecule has 4 rings (SSSR count). The van der Waals surface area contributed by atoms with Crippen LogP contribution < -0.4 is 15.4 Å². The van der Waals surface area contributed by atoms with Crippen LogP contribution in [0.2, 0.25) is 0 Å². The van der Waals surface area contributed by atoms with Gasteiger partial charge in [0.2, 0.25) is 0 Å². The normalized spacial score (nSPS) is 23.2. The molecule has 134 valence electrons. The fraction of sp³-hybridized carbons (Fsp3) is 0.562. The first-order chi connectivity index (χ1) is 12.2. The number of urea groups is 1. The summed E-state index contributed by atoms with van der Waals surface area (Å²) < 4.78 is 14.9. The van der Waals surface area contributed by atoms with E-state index in [0.29, 0.717) is 30.8 Å². The zero-order valence-corrected chi connectivity index (χ0v) is 14.1. The van der Waals surface area contributed by atoms with Gasteiger partial charge in [-0.05, 0) is 19.3 Å². The van der Waals surface area contributed by atoms with Crippen molar-refractivity contribution >= 4 is 11.8 Å². The van der Waals surface area contributed by atoms with Gasteiger partial charge in [0, 0.05) is 13.1 Å². The van der Waals surface area contributed by atoms with Crippen LogP contribution in [0.25, 0.3) is 0 Å². The fourth-order valence-electron chi connectivity index (χ4n) is 3.08. The monoisotopic (exact) mass is 346 g/mol. The van der Waals surface area contributed by atoms with Crippen LogP contribution >= 0.6 is 0 Å². The summed E-state index contributed by atoms with van der Waals surface area (Å²) in [6.45, 7) is 0.847. The molecule has 2 aromatic rings. The fourth-order valence-corrected chi connectivity index (χ4v) is 3.08. The van der Waals surface area contributed by atoms with E-state index < -0.39 is 0 Å². The highest BCUT2D eigenvalue weighted by Crippen LogP contribution is 2.33. The van der Waals surface area contributed by atoms with E-state index in [4.69, 9.17) is 9.47 Å². The summed E-state index contributed by atoms with van der Waals surface area (Å²) in [6.07, 6.45) is 8.32. The van der Waals surface area contributed by atoms with Gasteiger partial charge in [0.15, 0.2) is 5.75 Å². The van der Waals surface area contributed by atoms with Crippen LogP contribution in [0, 0.1) is 0 Å². The maximum Gasteiger partial charge on any atom is 0.320 e. The van der Waals surface area contributed by atoms with Crippen LogP contribution in [0.15, 0.2) is 24.7 Å². The van der Waals surface area contributed by atoms with Gasteiger partial charge in [-0.1, -0.05) is 0 Å². The number of aryl methyl sites for hydroxylation is 1. The number of carbonyl (C=O) groups excluding carboxylic acids is 1. The largest absolute Gasteiger partial charge is 0.482 e. The lowest BCUT2D eigenvalue weighted by Gasteiger charge is -2.27. The molecule has 0 radical (unpaired) electrons. The molecule has 1 aliphatic heterocycles. The molecule has 2 fully saturated rings. The summed E-state index contributed by atoms with van der Waals surface area (Å²) in [5, 5.41) is 14.2. The van der Waals surface area contributed by atoms with E-state index in [2.05, 4.69) is 20.8 Å². The highest BCUT2D eigenvalue weighted by molar-refractivity contribution is 5.88. The van der Waals surface area contributed by atoms with Crippen molar-refractivity contribution in [3.63, 3.8) is 0 Å². The molecule has 2 aromatic heterocycles. The van der Waals surface area contributed by atoms with Gasteiger partial charge in [-0.2, -0.15) is 10.2 Å². The van der Waals surface area contributed by atoms with Crippen molar-refractivity contribution in [3.05, 3.63) is 24.7 Å². The number of aromatic nitrogens is 4. The lowest BCUT2D eigenvalue weighted by Crippen LogP contribution is -2.47. The first-order valence-corrected chi connectivity index (χ1v) is 8.53. The summed E-state index contributed by atoms with van der Waals surface area (Å²) in [4.78, 5) is 12.4. The smallest absolute Gasteiger partial charge is 0.320 e. The molecule has 1 aliphatic carbocycles. The Hall–Kier alpha value is -2.55. The highest BCUT2D eigenvalue weighted by atomic mass is 16.5.